The fraction of sp³-hybridized carbons (Fsp3) is 0.429. The molecule has 0 saturated heterocycles. The van der Waals surface area contributed by atoms with E-state index in [2.05, 4.69) is 15.5 Å². The third-order valence-electron chi connectivity index (χ3n) is 3.16. The average molecular weight is 261 g/mol. The van der Waals surface area contributed by atoms with E-state index in [-0.39, 0.29) is 24.8 Å². The van der Waals surface area contributed by atoms with Gasteiger partial charge in [0.2, 0.25) is 5.91 Å². The summed E-state index contributed by atoms with van der Waals surface area (Å²) in [5, 5.41) is 20.4. The Labute approximate surface area is 112 Å². The highest BCUT2D eigenvalue weighted by Gasteiger charge is 2.13. The van der Waals surface area contributed by atoms with Crippen LogP contribution in [0.5, 0.6) is 0 Å². The SMILES string of the molecule is CC(C)C(O)CNC(=O)Cc1[nH]nc2ccccc12. The van der Waals surface area contributed by atoms with Gasteiger partial charge in [0.1, 0.15) is 0 Å². The Morgan fingerprint density at radius 2 is 2.16 bits per heavy atom. The van der Waals surface area contributed by atoms with E-state index < -0.39 is 6.10 Å². The van der Waals surface area contributed by atoms with Gasteiger partial charge in [-0.3, -0.25) is 9.89 Å². The molecule has 0 aliphatic rings. The van der Waals surface area contributed by atoms with Crippen LogP contribution >= 0.6 is 0 Å². The van der Waals surface area contributed by atoms with Crippen LogP contribution in [-0.2, 0) is 11.2 Å². The molecule has 1 amide bonds. The van der Waals surface area contributed by atoms with Gasteiger partial charge in [-0.2, -0.15) is 5.10 Å². The number of aromatic nitrogens is 2. The van der Waals surface area contributed by atoms with Crippen LogP contribution in [0.2, 0.25) is 0 Å². The summed E-state index contributed by atoms with van der Waals surface area (Å²) in [5.41, 5.74) is 1.65. The number of nitrogens with one attached hydrogen (secondary N) is 2. The Morgan fingerprint density at radius 1 is 1.42 bits per heavy atom. The van der Waals surface area contributed by atoms with Crippen molar-refractivity contribution in [2.45, 2.75) is 26.4 Å². The summed E-state index contributed by atoms with van der Waals surface area (Å²) >= 11 is 0. The molecule has 19 heavy (non-hydrogen) atoms. The number of aliphatic hydroxyl groups excluding tert-OH is 1. The number of fused-ring (bicyclic) bond motifs is 1. The van der Waals surface area contributed by atoms with Gasteiger partial charge < -0.3 is 10.4 Å². The maximum absolute atomic E-state index is 11.8. The van der Waals surface area contributed by atoms with Gasteiger partial charge in [0.05, 0.1) is 23.7 Å². The number of aliphatic hydroxyl groups is 1. The number of aromatic amines is 1. The topological polar surface area (TPSA) is 78.0 Å². The fourth-order valence-corrected chi connectivity index (χ4v) is 1.83. The number of H-pyrrole nitrogens is 1. The van der Waals surface area contributed by atoms with E-state index >= 15 is 0 Å². The van der Waals surface area contributed by atoms with Crippen LogP contribution in [-0.4, -0.2) is 33.9 Å². The van der Waals surface area contributed by atoms with Gasteiger partial charge in [-0.1, -0.05) is 32.0 Å². The van der Waals surface area contributed by atoms with Crippen LogP contribution in [0.15, 0.2) is 24.3 Å². The summed E-state index contributed by atoms with van der Waals surface area (Å²) in [5.74, 6) is 0.0161. The second kappa shape index (κ2) is 5.84. The number of hydrogen-bond acceptors (Lipinski definition) is 3. The van der Waals surface area contributed by atoms with Crippen molar-refractivity contribution >= 4 is 16.8 Å². The third kappa shape index (κ3) is 3.32. The summed E-state index contributed by atoms with van der Waals surface area (Å²) in [6, 6.07) is 7.66. The van der Waals surface area contributed by atoms with Crippen LogP contribution in [0.25, 0.3) is 10.9 Å². The lowest BCUT2D eigenvalue weighted by molar-refractivity contribution is -0.121. The molecular formula is C14H19N3O2. The molecule has 0 fully saturated rings. The Bertz CT molecular complexity index is 563. The molecule has 0 aliphatic heterocycles. The number of carbonyl (C=O) groups excluding carboxylic acids is 1. The van der Waals surface area contributed by atoms with Crippen molar-refractivity contribution in [1.82, 2.24) is 15.5 Å². The maximum atomic E-state index is 11.8. The summed E-state index contributed by atoms with van der Waals surface area (Å²) in [4.78, 5) is 11.8. The predicted molar refractivity (Wildman–Crippen MR) is 73.7 cm³/mol. The highest BCUT2D eigenvalue weighted by Crippen LogP contribution is 2.15. The molecule has 1 unspecified atom stereocenters. The lowest BCUT2D eigenvalue weighted by atomic mass is 10.1. The summed E-state index contributed by atoms with van der Waals surface area (Å²) in [7, 11) is 0. The van der Waals surface area contributed by atoms with Gasteiger partial charge in [-0.25, -0.2) is 0 Å². The Hall–Kier alpha value is -1.88. The molecule has 0 aliphatic carbocycles. The minimum absolute atomic E-state index is 0.117. The summed E-state index contributed by atoms with van der Waals surface area (Å²) in [6.45, 7) is 4.11. The lowest BCUT2D eigenvalue weighted by Gasteiger charge is -2.14. The number of para-hydroxylation sites is 1. The van der Waals surface area contributed by atoms with E-state index in [9.17, 15) is 9.90 Å². The second-order valence-electron chi connectivity index (χ2n) is 5.01. The normalized spacial score (nSPS) is 12.8. The van der Waals surface area contributed by atoms with Crippen molar-refractivity contribution in [1.29, 1.82) is 0 Å². The van der Waals surface area contributed by atoms with Crippen LogP contribution < -0.4 is 5.32 Å². The molecular weight excluding hydrogens is 242 g/mol. The minimum atomic E-state index is -0.512. The molecule has 0 saturated carbocycles. The van der Waals surface area contributed by atoms with Crippen LogP contribution in [0.4, 0.5) is 0 Å². The molecule has 3 N–H and O–H groups in total. The van der Waals surface area contributed by atoms with Gasteiger partial charge >= 0.3 is 0 Å². The van der Waals surface area contributed by atoms with Crippen LogP contribution in [0.1, 0.15) is 19.5 Å². The van der Waals surface area contributed by atoms with E-state index in [1.54, 1.807) is 0 Å². The fourth-order valence-electron chi connectivity index (χ4n) is 1.83. The predicted octanol–water partition coefficient (Wildman–Crippen LogP) is 1.24. The summed E-state index contributed by atoms with van der Waals surface area (Å²) in [6.07, 6.45) is -0.270. The van der Waals surface area contributed by atoms with E-state index in [1.165, 1.54) is 0 Å². The molecule has 0 bridgehead atoms. The molecule has 0 radical (unpaired) electrons. The van der Waals surface area contributed by atoms with Gasteiger partial charge in [0.25, 0.3) is 0 Å². The van der Waals surface area contributed by atoms with Crippen molar-refractivity contribution in [3.63, 3.8) is 0 Å². The first-order valence-electron chi connectivity index (χ1n) is 6.44. The van der Waals surface area contributed by atoms with Crippen molar-refractivity contribution in [2.24, 2.45) is 5.92 Å². The number of benzene rings is 1. The molecule has 1 atom stereocenters. The molecule has 1 aromatic carbocycles. The number of hydrogen-bond donors (Lipinski definition) is 3. The monoisotopic (exact) mass is 261 g/mol. The zero-order chi connectivity index (χ0) is 13.8. The molecule has 1 heterocycles. The van der Waals surface area contributed by atoms with Gasteiger partial charge in [0.15, 0.2) is 0 Å². The number of carbonyl (C=O) groups is 1. The Kier molecular flexibility index (Phi) is 4.16. The lowest BCUT2D eigenvalue weighted by Crippen LogP contribution is -2.35. The first-order chi connectivity index (χ1) is 9.08. The third-order valence-corrected chi connectivity index (χ3v) is 3.16. The first-order valence-corrected chi connectivity index (χ1v) is 6.44. The summed E-state index contributed by atoms with van der Waals surface area (Å²) < 4.78 is 0. The van der Waals surface area contributed by atoms with E-state index in [0.29, 0.717) is 0 Å². The smallest absolute Gasteiger partial charge is 0.226 e. The minimum Gasteiger partial charge on any atom is -0.391 e. The standard InChI is InChI=1S/C14H19N3O2/c1-9(2)13(18)8-15-14(19)7-12-10-5-3-4-6-11(10)16-17-12/h3-6,9,13,18H,7-8H2,1-2H3,(H,15,19)(H,16,17). The largest absolute Gasteiger partial charge is 0.391 e. The highest BCUT2D eigenvalue weighted by atomic mass is 16.3. The zero-order valence-electron chi connectivity index (χ0n) is 11.2. The van der Waals surface area contributed by atoms with E-state index in [4.69, 9.17) is 0 Å². The highest BCUT2D eigenvalue weighted by molar-refractivity contribution is 5.87. The van der Waals surface area contributed by atoms with Crippen molar-refractivity contribution < 1.29 is 9.90 Å². The van der Waals surface area contributed by atoms with E-state index in [0.717, 1.165) is 16.6 Å². The van der Waals surface area contributed by atoms with Crippen molar-refractivity contribution in [3.8, 4) is 0 Å². The quantitative estimate of drug-likeness (QED) is 0.757. The van der Waals surface area contributed by atoms with Crippen molar-refractivity contribution in [2.75, 3.05) is 6.54 Å². The molecule has 5 heteroatoms. The number of amides is 1. The van der Waals surface area contributed by atoms with Gasteiger partial charge in [-0.05, 0) is 12.0 Å². The number of nitrogens with zero attached hydrogens (tertiary/aromatic N) is 1. The van der Waals surface area contributed by atoms with Crippen LogP contribution in [0, 0.1) is 5.92 Å². The molecule has 102 valence electrons. The maximum Gasteiger partial charge on any atom is 0.226 e. The number of rotatable bonds is 5. The second-order valence-corrected chi connectivity index (χ2v) is 5.01. The average Bonchev–Trinajstić information content (AvgIpc) is 2.79. The van der Waals surface area contributed by atoms with Crippen molar-refractivity contribution in [3.05, 3.63) is 30.0 Å². The molecule has 2 aromatic rings. The molecule has 1 aromatic heterocycles. The Morgan fingerprint density at radius 3 is 2.89 bits per heavy atom. The molecule has 0 spiro atoms. The van der Waals surface area contributed by atoms with Gasteiger partial charge in [-0.15, -0.1) is 0 Å². The van der Waals surface area contributed by atoms with Crippen LogP contribution in [0.3, 0.4) is 0 Å². The zero-order valence-corrected chi connectivity index (χ0v) is 11.2. The molecule has 5 nitrogen and oxygen atoms in total. The van der Waals surface area contributed by atoms with Gasteiger partial charge in [0, 0.05) is 11.9 Å². The first kappa shape index (κ1) is 13.5. The van der Waals surface area contributed by atoms with E-state index in [1.807, 2.05) is 38.1 Å². The molecule has 2 rings (SSSR count). The Balaban J connectivity index is 1.96.